The number of non-ortho nitro benzene ring substituents is 1. The molecule has 8 nitrogen and oxygen atoms in total. The van der Waals surface area contributed by atoms with Crippen LogP contribution in [0.5, 0.6) is 0 Å². The van der Waals surface area contributed by atoms with Gasteiger partial charge in [-0.2, -0.15) is 0 Å². The number of benzene rings is 2. The predicted molar refractivity (Wildman–Crippen MR) is 153 cm³/mol. The second-order valence-corrected chi connectivity index (χ2v) is 8.87. The Morgan fingerprint density at radius 1 is 1.14 bits per heavy atom. The predicted octanol–water partition coefficient (Wildman–Crippen LogP) is 4.85. The molecule has 0 amide bonds. The van der Waals surface area contributed by atoms with Crippen LogP contribution < -0.4 is 10.2 Å². The molecule has 1 atom stereocenters. The van der Waals surface area contributed by atoms with Crippen LogP contribution in [0.25, 0.3) is 5.70 Å². The fraction of sp³-hybridized carbons (Fsp3) is 0.448. The van der Waals surface area contributed by atoms with Crippen LogP contribution in [0.3, 0.4) is 0 Å². The van der Waals surface area contributed by atoms with Crippen LogP contribution in [0.2, 0.25) is 0 Å². The van der Waals surface area contributed by atoms with Crippen LogP contribution in [0, 0.1) is 10.1 Å². The summed E-state index contributed by atoms with van der Waals surface area (Å²) in [5.41, 5.74) is 7.09. The molecule has 0 spiro atoms. The lowest BCUT2D eigenvalue weighted by Gasteiger charge is -2.36. The van der Waals surface area contributed by atoms with E-state index in [0.717, 1.165) is 56.2 Å². The van der Waals surface area contributed by atoms with E-state index in [1.165, 1.54) is 16.8 Å². The Bertz CT molecular complexity index is 1050. The number of piperazine rings is 1. The van der Waals surface area contributed by atoms with E-state index in [0.29, 0.717) is 0 Å². The Hall–Kier alpha value is -3.36. The standard InChI is InChI=1S/C25H31N5O2.C2H6O.C2H6/c1-18(26-4)19(2)29-17-22-15-24(9-10-25(22)20(29)3)28-13-11-27(12-14-28)16-21-5-7-23(8-6-21)30(31)32;1-2-3;1-2/h5-10,15,19,26H,1,3,11-14,16-17H2,2,4H3;3H,2H2,1H3;1-2H3. The average molecular weight is 510 g/mol. The summed E-state index contributed by atoms with van der Waals surface area (Å²) >= 11 is 0. The smallest absolute Gasteiger partial charge is 0.269 e. The van der Waals surface area contributed by atoms with Crippen molar-refractivity contribution in [1.82, 2.24) is 15.1 Å². The monoisotopic (exact) mass is 509 g/mol. The van der Waals surface area contributed by atoms with Gasteiger partial charge in [0.15, 0.2) is 0 Å². The third-order valence-electron chi connectivity index (χ3n) is 6.67. The molecule has 2 aliphatic heterocycles. The number of hydrogen-bond acceptors (Lipinski definition) is 7. The number of aliphatic hydroxyl groups excluding tert-OH is 1. The summed E-state index contributed by atoms with van der Waals surface area (Å²) in [5.74, 6) is 0. The van der Waals surface area contributed by atoms with Gasteiger partial charge in [0.1, 0.15) is 0 Å². The summed E-state index contributed by atoms with van der Waals surface area (Å²) in [7, 11) is 1.91. The highest BCUT2D eigenvalue weighted by Gasteiger charge is 2.28. The quantitative estimate of drug-likeness (QED) is 0.408. The van der Waals surface area contributed by atoms with Crippen LogP contribution >= 0.6 is 0 Å². The van der Waals surface area contributed by atoms with Gasteiger partial charge in [-0.15, -0.1) is 0 Å². The molecule has 202 valence electrons. The van der Waals surface area contributed by atoms with Crippen molar-refractivity contribution in [1.29, 1.82) is 0 Å². The lowest BCUT2D eigenvalue weighted by atomic mass is 10.1. The molecule has 1 saturated heterocycles. The zero-order chi connectivity index (χ0) is 27.5. The minimum atomic E-state index is -0.356. The number of nitro benzene ring substituents is 1. The summed E-state index contributed by atoms with van der Waals surface area (Å²) in [6, 6.07) is 13.8. The first-order valence-electron chi connectivity index (χ1n) is 13.1. The van der Waals surface area contributed by atoms with Crippen molar-refractivity contribution in [3.05, 3.63) is 88.1 Å². The highest BCUT2D eigenvalue weighted by Crippen LogP contribution is 2.36. The third-order valence-corrected chi connectivity index (χ3v) is 6.67. The first-order chi connectivity index (χ1) is 17.8. The Kier molecular flexibility index (Phi) is 11.6. The number of hydrogen-bond donors (Lipinski definition) is 2. The summed E-state index contributed by atoms with van der Waals surface area (Å²) in [5, 5.41) is 21.6. The van der Waals surface area contributed by atoms with Crippen molar-refractivity contribution in [3.63, 3.8) is 0 Å². The molecule has 0 saturated carbocycles. The molecule has 8 heteroatoms. The zero-order valence-electron chi connectivity index (χ0n) is 23.0. The van der Waals surface area contributed by atoms with Gasteiger partial charge in [0.2, 0.25) is 0 Å². The SMILES string of the molecule is C=C(NC)C(C)N1Cc2cc(N3CCN(Cc4ccc([N+](=O)[O-])cc4)CC3)ccc2C1=C.CC.CCO. The maximum absolute atomic E-state index is 10.8. The molecule has 2 N–H and O–H groups in total. The van der Waals surface area contributed by atoms with Gasteiger partial charge >= 0.3 is 0 Å². The van der Waals surface area contributed by atoms with Crippen LogP contribution in [0.4, 0.5) is 11.4 Å². The molecule has 2 aliphatic rings. The number of nitrogens with zero attached hydrogens (tertiary/aromatic N) is 4. The van der Waals surface area contributed by atoms with Crippen LogP contribution in [-0.4, -0.2) is 65.7 Å². The molecule has 0 radical (unpaired) electrons. The van der Waals surface area contributed by atoms with E-state index in [2.05, 4.69) is 58.3 Å². The maximum Gasteiger partial charge on any atom is 0.269 e. The summed E-state index contributed by atoms with van der Waals surface area (Å²) in [4.78, 5) is 17.6. The highest BCUT2D eigenvalue weighted by molar-refractivity contribution is 5.72. The van der Waals surface area contributed by atoms with Gasteiger partial charge in [0, 0.05) is 87.7 Å². The van der Waals surface area contributed by atoms with Crippen LogP contribution in [-0.2, 0) is 13.1 Å². The second-order valence-electron chi connectivity index (χ2n) is 8.87. The molecule has 2 heterocycles. The van der Waals surface area contributed by atoms with Gasteiger partial charge < -0.3 is 20.2 Å². The van der Waals surface area contributed by atoms with Crippen molar-refractivity contribution in [2.45, 2.75) is 46.8 Å². The molecule has 1 fully saturated rings. The van der Waals surface area contributed by atoms with Crippen LogP contribution in [0.1, 0.15) is 44.4 Å². The molecule has 4 rings (SSSR count). The number of nitrogens with one attached hydrogen (secondary N) is 1. The first-order valence-corrected chi connectivity index (χ1v) is 13.1. The Morgan fingerprint density at radius 3 is 2.27 bits per heavy atom. The van der Waals surface area contributed by atoms with E-state index in [9.17, 15) is 10.1 Å². The Morgan fingerprint density at radius 2 is 1.73 bits per heavy atom. The molecule has 0 bridgehead atoms. The molecular formula is C29H43N5O3. The summed E-state index contributed by atoms with van der Waals surface area (Å²) < 4.78 is 0. The van der Waals surface area contributed by atoms with Crippen molar-refractivity contribution in [3.8, 4) is 0 Å². The number of rotatable bonds is 7. The molecule has 0 aliphatic carbocycles. The van der Waals surface area contributed by atoms with Crippen LogP contribution in [0.15, 0.2) is 61.3 Å². The van der Waals surface area contributed by atoms with Crippen molar-refractivity contribution >= 4 is 17.1 Å². The van der Waals surface area contributed by atoms with Crippen molar-refractivity contribution in [2.24, 2.45) is 0 Å². The van der Waals surface area contributed by atoms with E-state index in [1.807, 2.05) is 33.0 Å². The molecular weight excluding hydrogens is 466 g/mol. The van der Waals surface area contributed by atoms with Gasteiger partial charge in [-0.25, -0.2) is 0 Å². The number of likely N-dealkylation sites (N-methyl/N-ethyl adjacent to an activating group) is 1. The lowest BCUT2D eigenvalue weighted by Crippen LogP contribution is -2.46. The average Bonchev–Trinajstić information content (AvgIpc) is 3.25. The Balaban J connectivity index is 0.000000898. The van der Waals surface area contributed by atoms with Crippen molar-refractivity contribution in [2.75, 3.05) is 44.7 Å². The first kappa shape index (κ1) is 29.9. The fourth-order valence-electron chi connectivity index (χ4n) is 4.54. The van der Waals surface area contributed by atoms with E-state index in [1.54, 1.807) is 19.1 Å². The highest BCUT2D eigenvalue weighted by atomic mass is 16.6. The lowest BCUT2D eigenvalue weighted by molar-refractivity contribution is -0.384. The molecule has 2 aromatic rings. The van der Waals surface area contributed by atoms with Gasteiger partial charge in [-0.1, -0.05) is 45.2 Å². The topological polar surface area (TPSA) is 85.1 Å². The third kappa shape index (κ3) is 7.57. The van der Waals surface area contributed by atoms with Crippen molar-refractivity contribution < 1.29 is 10.0 Å². The largest absolute Gasteiger partial charge is 0.397 e. The fourth-order valence-corrected chi connectivity index (χ4v) is 4.54. The molecule has 1 unspecified atom stereocenters. The number of nitro groups is 1. The minimum Gasteiger partial charge on any atom is -0.397 e. The van der Waals surface area contributed by atoms with Gasteiger partial charge in [-0.3, -0.25) is 15.0 Å². The summed E-state index contributed by atoms with van der Waals surface area (Å²) in [6.45, 7) is 22.0. The zero-order valence-corrected chi connectivity index (χ0v) is 23.0. The number of anilines is 1. The summed E-state index contributed by atoms with van der Waals surface area (Å²) in [6.07, 6.45) is 0. The molecule has 0 aromatic heterocycles. The Labute approximate surface area is 222 Å². The number of aliphatic hydroxyl groups is 1. The van der Waals surface area contributed by atoms with E-state index < -0.39 is 0 Å². The normalized spacial score (nSPS) is 15.6. The van der Waals surface area contributed by atoms with Gasteiger partial charge in [0.05, 0.1) is 11.0 Å². The minimum absolute atomic E-state index is 0.140. The van der Waals surface area contributed by atoms with Gasteiger partial charge in [-0.05, 0) is 37.1 Å². The number of fused-ring (bicyclic) bond motifs is 1. The van der Waals surface area contributed by atoms with Gasteiger partial charge in [0.25, 0.3) is 5.69 Å². The molecule has 2 aromatic carbocycles. The van der Waals surface area contributed by atoms with E-state index in [-0.39, 0.29) is 23.3 Å². The van der Waals surface area contributed by atoms with E-state index >= 15 is 0 Å². The molecule has 37 heavy (non-hydrogen) atoms. The second kappa shape index (κ2) is 14.4. The maximum atomic E-state index is 10.8. The van der Waals surface area contributed by atoms with E-state index in [4.69, 9.17) is 5.11 Å².